The maximum Gasteiger partial charge on any atom is 0.259 e. The molecule has 1 aliphatic rings. The predicted octanol–water partition coefficient (Wildman–Crippen LogP) is 6.60. The van der Waals surface area contributed by atoms with Gasteiger partial charge in [-0.2, -0.15) is 0 Å². The molecule has 0 bridgehead atoms. The summed E-state index contributed by atoms with van der Waals surface area (Å²) >= 11 is 9.56. The Labute approximate surface area is 233 Å². The van der Waals surface area contributed by atoms with Crippen LogP contribution in [-0.2, 0) is 19.5 Å². The van der Waals surface area contributed by atoms with Gasteiger partial charge >= 0.3 is 0 Å². The number of thiazole rings is 1. The van der Waals surface area contributed by atoms with Crippen molar-refractivity contribution < 1.29 is 9.53 Å². The van der Waals surface area contributed by atoms with Crippen molar-refractivity contribution in [1.29, 1.82) is 0 Å². The topological polar surface area (TPSA) is 80.2 Å². The lowest BCUT2D eigenvalue weighted by molar-refractivity contribution is 0.102. The number of carbonyl (C=O) groups excluding carboxylic acids is 1. The zero-order valence-electron chi connectivity index (χ0n) is 20.8. The van der Waals surface area contributed by atoms with Gasteiger partial charge < -0.3 is 4.74 Å². The molecular weight excluding hydrogens is 538 g/mol. The second-order valence-electron chi connectivity index (χ2n) is 9.13. The van der Waals surface area contributed by atoms with Crippen LogP contribution in [0.2, 0.25) is 5.15 Å². The molecule has 4 aromatic heterocycles. The number of carbonyl (C=O) groups is 1. The lowest BCUT2D eigenvalue weighted by atomic mass is 10.0. The fraction of sp³-hybridized carbons (Fsp3) is 0.214. The zero-order valence-corrected chi connectivity index (χ0v) is 23.2. The Bertz CT molecular complexity index is 1630. The minimum absolute atomic E-state index is 0.282. The molecular formula is C28H24ClN5O2S2. The number of benzene rings is 1. The summed E-state index contributed by atoms with van der Waals surface area (Å²) in [5.41, 5.74) is 3.60. The monoisotopic (exact) mass is 561 g/mol. The number of aryl methyl sites for hydroxylation is 1. The van der Waals surface area contributed by atoms with Gasteiger partial charge in [0.05, 0.1) is 24.6 Å². The number of nitrogens with one attached hydrogen (secondary N) is 1. The Morgan fingerprint density at radius 2 is 2.00 bits per heavy atom. The van der Waals surface area contributed by atoms with Gasteiger partial charge in [-0.05, 0) is 36.6 Å². The summed E-state index contributed by atoms with van der Waals surface area (Å²) < 4.78 is 6.80. The van der Waals surface area contributed by atoms with Crippen LogP contribution in [0.15, 0.2) is 54.9 Å². The van der Waals surface area contributed by atoms with Crippen molar-refractivity contribution in [3.63, 3.8) is 0 Å². The van der Waals surface area contributed by atoms with Crippen LogP contribution in [0.5, 0.6) is 5.75 Å². The van der Waals surface area contributed by atoms with Crippen LogP contribution in [0.1, 0.15) is 31.5 Å². The first-order chi connectivity index (χ1) is 18.5. The van der Waals surface area contributed by atoms with Gasteiger partial charge in [0.15, 0.2) is 5.13 Å². The number of halogens is 1. The van der Waals surface area contributed by atoms with E-state index in [2.05, 4.69) is 50.5 Å². The molecule has 192 valence electrons. The third-order valence-electron chi connectivity index (χ3n) is 6.52. The van der Waals surface area contributed by atoms with Crippen molar-refractivity contribution in [2.45, 2.75) is 26.4 Å². The molecule has 6 rings (SSSR count). The molecule has 0 unspecified atom stereocenters. The summed E-state index contributed by atoms with van der Waals surface area (Å²) in [5.74, 6) is 0.244. The normalized spacial score (nSPS) is 13.4. The number of methoxy groups -OCH3 is 1. The van der Waals surface area contributed by atoms with E-state index in [0.717, 1.165) is 37.4 Å². The number of hydrogen-bond donors (Lipinski definition) is 1. The van der Waals surface area contributed by atoms with Gasteiger partial charge in [0.25, 0.3) is 5.91 Å². The second-order valence-corrected chi connectivity index (χ2v) is 11.8. The number of thiophene rings is 1. The highest BCUT2D eigenvalue weighted by Gasteiger charge is 2.24. The molecule has 1 N–H and O–H groups in total. The fourth-order valence-electron chi connectivity index (χ4n) is 4.69. The summed E-state index contributed by atoms with van der Waals surface area (Å²) in [6, 6.07) is 14.3. The standard InChI is InChI=1S/C28H24ClN5O2S2/c1-16-9-19(20-11-26(29)31-13-23(20)36-2)21(12-30-16)27(35)33-28-32-22-7-8-34(15-25(22)38-28)14-18-10-17-5-3-4-6-24(17)37-18/h3-6,9-13H,7-8,14-15H2,1-2H3,(H,32,33,35). The molecule has 0 aliphatic carbocycles. The van der Waals surface area contributed by atoms with Crippen molar-refractivity contribution in [3.05, 3.63) is 86.7 Å². The van der Waals surface area contributed by atoms with E-state index < -0.39 is 0 Å². The van der Waals surface area contributed by atoms with E-state index >= 15 is 0 Å². The van der Waals surface area contributed by atoms with E-state index in [0.29, 0.717) is 32.7 Å². The van der Waals surface area contributed by atoms with E-state index in [9.17, 15) is 4.79 Å². The quantitative estimate of drug-likeness (QED) is 0.235. The van der Waals surface area contributed by atoms with E-state index in [1.54, 1.807) is 25.6 Å². The molecule has 5 heterocycles. The smallest absolute Gasteiger partial charge is 0.259 e. The third-order valence-corrected chi connectivity index (χ3v) is 8.82. The number of ether oxygens (including phenoxy) is 1. The number of pyridine rings is 2. The average Bonchev–Trinajstić information content (AvgIpc) is 3.51. The molecule has 0 radical (unpaired) electrons. The van der Waals surface area contributed by atoms with Crippen molar-refractivity contribution >= 4 is 55.4 Å². The Balaban J connectivity index is 1.21. The van der Waals surface area contributed by atoms with E-state index in [-0.39, 0.29) is 5.91 Å². The van der Waals surface area contributed by atoms with Crippen LogP contribution in [0, 0.1) is 6.92 Å². The molecule has 5 aromatic rings. The van der Waals surface area contributed by atoms with Gasteiger partial charge in [-0.3, -0.25) is 20.0 Å². The van der Waals surface area contributed by atoms with E-state index in [1.165, 1.54) is 31.2 Å². The molecule has 1 amide bonds. The first kappa shape index (κ1) is 24.9. The molecule has 7 nitrogen and oxygen atoms in total. The molecule has 0 saturated heterocycles. The van der Waals surface area contributed by atoms with Crippen molar-refractivity contribution in [2.24, 2.45) is 0 Å². The number of anilines is 1. The largest absolute Gasteiger partial charge is 0.494 e. The first-order valence-electron chi connectivity index (χ1n) is 12.1. The number of rotatable bonds is 6. The molecule has 0 fully saturated rings. The second kappa shape index (κ2) is 10.4. The van der Waals surface area contributed by atoms with Crippen LogP contribution < -0.4 is 10.1 Å². The molecule has 1 aliphatic heterocycles. The minimum atomic E-state index is -0.282. The van der Waals surface area contributed by atoms with Gasteiger partial charge in [0, 0.05) is 63.5 Å². The Morgan fingerprint density at radius 3 is 2.84 bits per heavy atom. The predicted molar refractivity (Wildman–Crippen MR) is 153 cm³/mol. The summed E-state index contributed by atoms with van der Waals surface area (Å²) in [6.45, 7) is 4.54. The average molecular weight is 562 g/mol. The Hall–Kier alpha value is -3.37. The fourth-order valence-corrected chi connectivity index (χ4v) is 7.00. The van der Waals surface area contributed by atoms with Crippen LogP contribution in [0.25, 0.3) is 21.2 Å². The van der Waals surface area contributed by atoms with Gasteiger partial charge in [0.2, 0.25) is 0 Å². The molecule has 0 spiro atoms. The van der Waals surface area contributed by atoms with Crippen molar-refractivity contribution in [3.8, 4) is 16.9 Å². The highest BCUT2D eigenvalue weighted by molar-refractivity contribution is 7.19. The van der Waals surface area contributed by atoms with Crippen LogP contribution in [0.4, 0.5) is 5.13 Å². The van der Waals surface area contributed by atoms with Gasteiger partial charge in [0.1, 0.15) is 10.9 Å². The van der Waals surface area contributed by atoms with Gasteiger partial charge in [-0.1, -0.05) is 29.8 Å². The van der Waals surface area contributed by atoms with E-state index in [1.807, 2.05) is 24.3 Å². The van der Waals surface area contributed by atoms with Crippen LogP contribution >= 0.6 is 34.3 Å². The van der Waals surface area contributed by atoms with Crippen LogP contribution in [0.3, 0.4) is 0 Å². The molecule has 38 heavy (non-hydrogen) atoms. The lowest BCUT2D eigenvalue weighted by Crippen LogP contribution is -2.29. The summed E-state index contributed by atoms with van der Waals surface area (Å²) in [6.07, 6.45) is 3.99. The summed E-state index contributed by atoms with van der Waals surface area (Å²) in [5, 5.41) is 5.20. The summed E-state index contributed by atoms with van der Waals surface area (Å²) in [7, 11) is 1.56. The maximum absolute atomic E-state index is 13.4. The third kappa shape index (κ3) is 5.02. The SMILES string of the molecule is COc1cnc(Cl)cc1-c1cc(C)ncc1C(=O)Nc1nc2c(s1)CN(Cc1cc3ccccc3s1)CC2. The number of amides is 1. The molecule has 0 atom stereocenters. The first-order valence-corrected chi connectivity index (χ1v) is 14.1. The Kier molecular flexibility index (Phi) is 6.84. The van der Waals surface area contributed by atoms with Crippen LogP contribution in [-0.4, -0.2) is 39.4 Å². The minimum Gasteiger partial charge on any atom is -0.494 e. The molecule has 10 heteroatoms. The summed E-state index contributed by atoms with van der Waals surface area (Å²) in [4.78, 5) is 31.6. The lowest BCUT2D eigenvalue weighted by Gasteiger charge is -2.25. The molecule has 0 saturated carbocycles. The highest BCUT2D eigenvalue weighted by atomic mass is 35.5. The number of hydrogen-bond acceptors (Lipinski definition) is 8. The highest BCUT2D eigenvalue weighted by Crippen LogP contribution is 2.35. The van der Waals surface area contributed by atoms with E-state index in [4.69, 9.17) is 21.3 Å². The number of fused-ring (bicyclic) bond motifs is 2. The van der Waals surface area contributed by atoms with Crippen molar-refractivity contribution in [1.82, 2.24) is 19.9 Å². The van der Waals surface area contributed by atoms with Crippen molar-refractivity contribution in [2.75, 3.05) is 19.0 Å². The zero-order chi connectivity index (χ0) is 26.2. The Morgan fingerprint density at radius 1 is 1.13 bits per heavy atom. The van der Waals surface area contributed by atoms with Gasteiger partial charge in [-0.15, -0.1) is 22.7 Å². The number of nitrogens with zero attached hydrogens (tertiary/aromatic N) is 4. The number of aromatic nitrogens is 3. The maximum atomic E-state index is 13.4. The molecule has 1 aromatic carbocycles. The van der Waals surface area contributed by atoms with Gasteiger partial charge in [-0.25, -0.2) is 9.97 Å².